The molecule has 0 atom stereocenters. The van der Waals surface area contributed by atoms with Crippen molar-refractivity contribution in [3.8, 4) is 5.75 Å². The van der Waals surface area contributed by atoms with Gasteiger partial charge in [-0.2, -0.15) is 0 Å². The van der Waals surface area contributed by atoms with Crippen LogP contribution in [0.1, 0.15) is 15.2 Å². The predicted octanol–water partition coefficient (Wildman–Crippen LogP) is 2.61. The maximum atomic E-state index is 11.0. The molecular weight excluding hydrogens is 238 g/mol. The fraction of sp³-hybridized carbons (Fsp3) is 0.0833. The van der Waals surface area contributed by atoms with Crippen molar-refractivity contribution in [1.29, 1.82) is 0 Å². The minimum atomic E-state index is -1.04. The topological polar surface area (TPSA) is 72.5 Å². The minimum Gasteiger partial charge on any atom is -0.487 e. The van der Waals surface area contributed by atoms with Gasteiger partial charge in [-0.25, -0.2) is 4.79 Å². The lowest BCUT2D eigenvalue weighted by Gasteiger charge is -2.08. The summed E-state index contributed by atoms with van der Waals surface area (Å²) < 4.78 is 5.47. The first-order valence-corrected chi connectivity index (χ1v) is 5.83. The molecule has 17 heavy (non-hydrogen) atoms. The summed E-state index contributed by atoms with van der Waals surface area (Å²) in [5, 5.41) is 11.0. The van der Waals surface area contributed by atoms with Gasteiger partial charge < -0.3 is 15.6 Å². The second kappa shape index (κ2) is 4.88. The van der Waals surface area contributed by atoms with Gasteiger partial charge in [0.05, 0.1) is 0 Å². The van der Waals surface area contributed by atoms with Crippen molar-refractivity contribution in [2.24, 2.45) is 0 Å². The molecule has 0 bridgehead atoms. The Morgan fingerprint density at radius 2 is 2.24 bits per heavy atom. The SMILES string of the molecule is Nc1ccc(OCc2cccs2)c(C(=O)O)c1. The Balaban J connectivity index is 2.17. The van der Waals surface area contributed by atoms with Crippen molar-refractivity contribution in [2.75, 3.05) is 5.73 Å². The molecule has 0 amide bonds. The number of nitrogens with two attached hydrogens (primary N) is 1. The number of nitrogen functional groups attached to an aromatic ring is 1. The van der Waals surface area contributed by atoms with E-state index in [1.54, 1.807) is 23.5 Å². The van der Waals surface area contributed by atoms with E-state index in [0.717, 1.165) is 4.88 Å². The van der Waals surface area contributed by atoms with Crippen molar-refractivity contribution < 1.29 is 14.6 Å². The van der Waals surface area contributed by atoms with E-state index in [4.69, 9.17) is 15.6 Å². The third-order valence-corrected chi connectivity index (χ3v) is 3.03. The zero-order chi connectivity index (χ0) is 12.3. The van der Waals surface area contributed by atoms with Crippen molar-refractivity contribution >= 4 is 23.0 Å². The number of benzene rings is 1. The quantitative estimate of drug-likeness (QED) is 0.817. The molecule has 0 aliphatic carbocycles. The number of hydrogen-bond donors (Lipinski definition) is 2. The summed E-state index contributed by atoms with van der Waals surface area (Å²) in [6, 6.07) is 8.45. The number of anilines is 1. The summed E-state index contributed by atoms with van der Waals surface area (Å²) in [5.74, 6) is -0.710. The lowest BCUT2D eigenvalue weighted by molar-refractivity contribution is 0.0692. The average Bonchev–Trinajstić information content (AvgIpc) is 2.80. The number of hydrogen-bond acceptors (Lipinski definition) is 4. The van der Waals surface area contributed by atoms with Crippen LogP contribution < -0.4 is 10.5 Å². The fourth-order valence-electron chi connectivity index (χ4n) is 1.38. The molecule has 0 saturated carbocycles. The predicted molar refractivity (Wildman–Crippen MR) is 66.5 cm³/mol. The molecule has 2 rings (SSSR count). The van der Waals surface area contributed by atoms with E-state index >= 15 is 0 Å². The Morgan fingerprint density at radius 3 is 2.88 bits per heavy atom. The number of carbonyl (C=O) groups is 1. The van der Waals surface area contributed by atoms with Gasteiger partial charge in [0.1, 0.15) is 17.9 Å². The maximum Gasteiger partial charge on any atom is 0.339 e. The van der Waals surface area contributed by atoms with Crippen molar-refractivity contribution in [3.05, 3.63) is 46.2 Å². The number of thiophene rings is 1. The second-order valence-electron chi connectivity index (χ2n) is 3.43. The summed E-state index contributed by atoms with van der Waals surface area (Å²) in [6.45, 7) is 0.363. The molecule has 0 saturated heterocycles. The van der Waals surface area contributed by atoms with Gasteiger partial charge in [0.2, 0.25) is 0 Å². The van der Waals surface area contributed by atoms with E-state index in [0.29, 0.717) is 18.0 Å². The zero-order valence-electron chi connectivity index (χ0n) is 8.92. The minimum absolute atomic E-state index is 0.0848. The van der Waals surface area contributed by atoms with Crippen LogP contribution in [0.25, 0.3) is 0 Å². The molecule has 0 radical (unpaired) electrons. The van der Waals surface area contributed by atoms with Gasteiger partial charge in [0.15, 0.2) is 0 Å². The van der Waals surface area contributed by atoms with Crippen molar-refractivity contribution in [3.63, 3.8) is 0 Å². The molecule has 4 nitrogen and oxygen atoms in total. The maximum absolute atomic E-state index is 11.0. The van der Waals surface area contributed by atoms with Gasteiger partial charge in [0, 0.05) is 10.6 Å². The third kappa shape index (κ3) is 2.76. The summed E-state index contributed by atoms with van der Waals surface area (Å²) in [4.78, 5) is 12.0. The largest absolute Gasteiger partial charge is 0.487 e. The van der Waals surface area contributed by atoms with Gasteiger partial charge in [-0.05, 0) is 29.6 Å². The third-order valence-electron chi connectivity index (χ3n) is 2.18. The highest BCUT2D eigenvalue weighted by Gasteiger charge is 2.11. The average molecular weight is 249 g/mol. The Bertz CT molecular complexity index is 523. The van der Waals surface area contributed by atoms with Crippen LogP contribution in [-0.2, 0) is 6.61 Å². The molecule has 0 aliphatic rings. The number of carboxylic acid groups (broad SMARTS) is 1. The van der Waals surface area contributed by atoms with Gasteiger partial charge in [-0.1, -0.05) is 6.07 Å². The Morgan fingerprint density at radius 1 is 1.41 bits per heavy atom. The highest BCUT2D eigenvalue weighted by atomic mass is 32.1. The van der Waals surface area contributed by atoms with E-state index in [1.165, 1.54) is 6.07 Å². The molecule has 1 aromatic heterocycles. The Kier molecular flexibility index (Phi) is 3.30. The van der Waals surface area contributed by atoms with Crippen LogP contribution >= 0.6 is 11.3 Å². The molecule has 2 aromatic rings. The second-order valence-corrected chi connectivity index (χ2v) is 4.46. The fourth-order valence-corrected chi connectivity index (χ4v) is 2.00. The molecule has 1 aromatic carbocycles. The summed E-state index contributed by atoms with van der Waals surface area (Å²) in [7, 11) is 0. The highest BCUT2D eigenvalue weighted by Crippen LogP contribution is 2.23. The van der Waals surface area contributed by atoms with Crippen LogP contribution in [0.3, 0.4) is 0 Å². The van der Waals surface area contributed by atoms with Crippen molar-refractivity contribution in [1.82, 2.24) is 0 Å². The number of carboxylic acids is 1. The number of rotatable bonds is 4. The monoisotopic (exact) mass is 249 g/mol. The van der Waals surface area contributed by atoms with Gasteiger partial charge in [-0.15, -0.1) is 11.3 Å². The van der Waals surface area contributed by atoms with Crippen LogP contribution in [0.4, 0.5) is 5.69 Å². The summed E-state index contributed by atoms with van der Waals surface area (Å²) >= 11 is 1.56. The lowest BCUT2D eigenvalue weighted by atomic mass is 10.2. The molecule has 0 aliphatic heterocycles. The first kappa shape index (κ1) is 11.5. The van der Waals surface area contributed by atoms with Crippen LogP contribution in [0.5, 0.6) is 5.75 Å². The molecular formula is C12H11NO3S. The van der Waals surface area contributed by atoms with Gasteiger partial charge in [-0.3, -0.25) is 0 Å². The van der Waals surface area contributed by atoms with Crippen LogP contribution in [-0.4, -0.2) is 11.1 Å². The Hall–Kier alpha value is -2.01. The molecule has 0 fully saturated rings. The first-order valence-electron chi connectivity index (χ1n) is 4.95. The molecule has 1 heterocycles. The van der Waals surface area contributed by atoms with E-state index in [9.17, 15) is 4.79 Å². The lowest BCUT2D eigenvalue weighted by Crippen LogP contribution is -2.03. The van der Waals surface area contributed by atoms with Crippen LogP contribution in [0.15, 0.2) is 35.7 Å². The van der Waals surface area contributed by atoms with E-state index in [-0.39, 0.29) is 5.56 Å². The number of ether oxygens (including phenoxy) is 1. The molecule has 0 spiro atoms. The van der Waals surface area contributed by atoms with Crippen LogP contribution in [0, 0.1) is 0 Å². The first-order chi connectivity index (χ1) is 8.16. The normalized spacial score (nSPS) is 10.1. The zero-order valence-corrected chi connectivity index (χ0v) is 9.74. The number of aromatic carboxylic acids is 1. The van der Waals surface area contributed by atoms with E-state index in [2.05, 4.69) is 0 Å². The highest BCUT2D eigenvalue weighted by molar-refractivity contribution is 7.09. The summed E-state index contributed by atoms with van der Waals surface area (Å²) in [5.41, 5.74) is 6.03. The van der Waals surface area contributed by atoms with Gasteiger partial charge in [0.25, 0.3) is 0 Å². The molecule has 5 heteroatoms. The molecule has 0 unspecified atom stereocenters. The van der Waals surface area contributed by atoms with E-state index in [1.807, 2.05) is 17.5 Å². The molecule has 3 N–H and O–H groups in total. The summed E-state index contributed by atoms with van der Waals surface area (Å²) in [6.07, 6.45) is 0. The van der Waals surface area contributed by atoms with Crippen molar-refractivity contribution in [2.45, 2.75) is 6.61 Å². The Labute approximate surface area is 102 Å². The van der Waals surface area contributed by atoms with Crippen LogP contribution in [0.2, 0.25) is 0 Å². The molecule has 88 valence electrons. The smallest absolute Gasteiger partial charge is 0.339 e. The van der Waals surface area contributed by atoms with Gasteiger partial charge >= 0.3 is 5.97 Å². The standard InChI is InChI=1S/C12H11NO3S/c13-8-3-4-11(10(6-8)12(14)15)16-7-9-2-1-5-17-9/h1-6H,7,13H2,(H,14,15). The van der Waals surface area contributed by atoms with E-state index < -0.39 is 5.97 Å².